The largest absolute Gasteiger partial charge is 0.348 e. The van der Waals surface area contributed by atoms with Crippen molar-refractivity contribution in [1.82, 2.24) is 24.8 Å². The zero-order chi connectivity index (χ0) is 18.5. The van der Waals surface area contributed by atoms with E-state index < -0.39 is 0 Å². The van der Waals surface area contributed by atoms with Crippen LogP contribution in [-0.4, -0.2) is 38.5 Å². The molecule has 3 rings (SSSR count). The summed E-state index contributed by atoms with van der Waals surface area (Å²) in [5, 5.41) is 7.39. The van der Waals surface area contributed by atoms with E-state index in [9.17, 15) is 4.79 Å². The van der Waals surface area contributed by atoms with Gasteiger partial charge < -0.3 is 5.32 Å². The van der Waals surface area contributed by atoms with Crippen molar-refractivity contribution in [1.29, 1.82) is 0 Å². The lowest BCUT2D eigenvalue weighted by molar-refractivity contribution is 0.0951. The fraction of sp³-hybridized carbons (Fsp3) is 0.350. The first-order chi connectivity index (χ1) is 12.6. The van der Waals surface area contributed by atoms with Crippen LogP contribution in [0.25, 0.3) is 5.65 Å². The highest BCUT2D eigenvalue weighted by Gasteiger charge is 2.18. The van der Waals surface area contributed by atoms with Gasteiger partial charge >= 0.3 is 0 Å². The van der Waals surface area contributed by atoms with Crippen molar-refractivity contribution in [3.05, 3.63) is 65.1 Å². The number of hydrogen-bond acceptors (Lipinski definition) is 4. The summed E-state index contributed by atoms with van der Waals surface area (Å²) in [5.41, 5.74) is 4.17. The predicted molar refractivity (Wildman–Crippen MR) is 102 cm³/mol. The van der Waals surface area contributed by atoms with Crippen molar-refractivity contribution in [2.45, 2.75) is 33.9 Å². The molecule has 2 aromatic heterocycles. The molecule has 0 atom stereocenters. The van der Waals surface area contributed by atoms with E-state index >= 15 is 0 Å². The summed E-state index contributed by atoms with van der Waals surface area (Å²) in [6, 6.07) is 10.0. The molecule has 0 saturated carbocycles. The minimum absolute atomic E-state index is 0.145. The quantitative estimate of drug-likeness (QED) is 0.711. The molecule has 1 amide bonds. The van der Waals surface area contributed by atoms with Crippen LogP contribution in [0.1, 0.15) is 41.0 Å². The molecule has 0 fully saturated rings. The van der Waals surface area contributed by atoms with Gasteiger partial charge in [0.05, 0.1) is 5.69 Å². The molecule has 0 aliphatic rings. The first-order valence-electron chi connectivity index (χ1n) is 9.01. The van der Waals surface area contributed by atoms with Crippen LogP contribution in [0.4, 0.5) is 0 Å². The summed E-state index contributed by atoms with van der Waals surface area (Å²) in [5.74, 6) is -0.145. The Bertz CT molecular complexity index is 898. The highest BCUT2D eigenvalue weighted by atomic mass is 16.1. The molecule has 136 valence electrons. The Balaban J connectivity index is 1.77. The van der Waals surface area contributed by atoms with Gasteiger partial charge in [0.2, 0.25) is 0 Å². The SMILES string of the molecule is CCN(CC)Cc1ccccc1CNC(=O)c1c(C)nn2cccnc12. The minimum atomic E-state index is -0.145. The van der Waals surface area contributed by atoms with Crippen LogP contribution in [0.3, 0.4) is 0 Å². The summed E-state index contributed by atoms with van der Waals surface area (Å²) in [6.45, 7) is 9.53. The van der Waals surface area contributed by atoms with E-state index in [2.05, 4.69) is 46.3 Å². The highest BCUT2D eigenvalue weighted by molar-refractivity contribution is 6.00. The van der Waals surface area contributed by atoms with Gasteiger partial charge in [-0.15, -0.1) is 0 Å². The van der Waals surface area contributed by atoms with Gasteiger partial charge in [0.1, 0.15) is 5.56 Å². The van der Waals surface area contributed by atoms with Crippen LogP contribution in [-0.2, 0) is 13.1 Å². The zero-order valence-electron chi connectivity index (χ0n) is 15.6. The topological polar surface area (TPSA) is 62.5 Å². The molecule has 1 N–H and O–H groups in total. The van der Waals surface area contributed by atoms with Crippen molar-refractivity contribution >= 4 is 11.6 Å². The molecule has 26 heavy (non-hydrogen) atoms. The molecule has 3 aromatic rings. The maximum atomic E-state index is 12.7. The van der Waals surface area contributed by atoms with Gasteiger partial charge in [0.15, 0.2) is 5.65 Å². The molecule has 0 saturated heterocycles. The minimum Gasteiger partial charge on any atom is -0.348 e. The number of aryl methyl sites for hydroxylation is 1. The van der Waals surface area contributed by atoms with E-state index in [-0.39, 0.29) is 5.91 Å². The van der Waals surface area contributed by atoms with Crippen molar-refractivity contribution in [3.8, 4) is 0 Å². The second kappa shape index (κ2) is 8.10. The average Bonchev–Trinajstić information content (AvgIpc) is 3.00. The molecule has 2 heterocycles. The maximum Gasteiger partial charge on any atom is 0.257 e. The van der Waals surface area contributed by atoms with Crippen molar-refractivity contribution < 1.29 is 4.79 Å². The lowest BCUT2D eigenvalue weighted by atomic mass is 10.1. The molecule has 0 bridgehead atoms. The van der Waals surface area contributed by atoms with Gasteiger partial charge in [-0.3, -0.25) is 9.69 Å². The Morgan fingerprint density at radius 1 is 1.15 bits per heavy atom. The van der Waals surface area contributed by atoms with Gasteiger partial charge in [-0.25, -0.2) is 9.50 Å². The van der Waals surface area contributed by atoms with Gasteiger partial charge in [-0.1, -0.05) is 38.1 Å². The number of carbonyl (C=O) groups excluding carboxylic acids is 1. The van der Waals surface area contributed by atoms with Crippen LogP contribution in [0.5, 0.6) is 0 Å². The zero-order valence-corrected chi connectivity index (χ0v) is 15.6. The molecular weight excluding hydrogens is 326 g/mol. The summed E-state index contributed by atoms with van der Waals surface area (Å²) >= 11 is 0. The second-order valence-electron chi connectivity index (χ2n) is 6.26. The first kappa shape index (κ1) is 18.1. The Morgan fingerprint density at radius 2 is 1.88 bits per heavy atom. The summed E-state index contributed by atoms with van der Waals surface area (Å²) in [7, 11) is 0. The van der Waals surface area contributed by atoms with E-state index in [1.165, 1.54) is 5.56 Å². The lowest BCUT2D eigenvalue weighted by Gasteiger charge is -2.20. The Labute approximate surface area is 153 Å². The summed E-state index contributed by atoms with van der Waals surface area (Å²) < 4.78 is 1.64. The Morgan fingerprint density at radius 3 is 2.62 bits per heavy atom. The number of carbonyl (C=O) groups is 1. The molecule has 6 nitrogen and oxygen atoms in total. The van der Waals surface area contributed by atoms with E-state index in [1.54, 1.807) is 23.0 Å². The summed E-state index contributed by atoms with van der Waals surface area (Å²) in [4.78, 5) is 19.4. The standard InChI is InChI=1S/C20H25N5O/c1-4-24(5-2)14-17-10-7-6-9-16(17)13-22-20(26)18-15(3)23-25-12-8-11-21-19(18)25/h6-12H,4-5,13-14H2,1-3H3,(H,22,26). The normalized spacial score (nSPS) is 11.2. The molecular formula is C20H25N5O. The molecule has 0 spiro atoms. The number of benzene rings is 1. The first-order valence-corrected chi connectivity index (χ1v) is 9.01. The fourth-order valence-corrected chi connectivity index (χ4v) is 3.10. The molecule has 0 radical (unpaired) electrons. The molecule has 0 aliphatic heterocycles. The Kier molecular flexibility index (Phi) is 5.63. The number of hydrogen-bond donors (Lipinski definition) is 1. The van der Waals surface area contributed by atoms with Gasteiger partial charge in [0, 0.05) is 25.5 Å². The highest BCUT2D eigenvalue weighted by Crippen LogP contribution is 2.15. The van der Waals surface area contributed by atoms with E-state index in [4.69, 9.17) is 0 Å². The average molecular weight is 351 g/mol. The van der Waals surface area contributed by atoms with Gasteiger partial charge in [0.25, 0.3) is 5.91 Å². The van der Waals surface area contributed by atoms with Crippen LogP contribution in [0.2, 0.25) is 0 Å². The number of aromatic nitrogens is 3. The monoisotopic (exact) mass is 351 g/mol. The third-order valence-corrected chi connectivity index (χ3v) is 4.64. The third kappa shape index (κ3) is 3.75. The van der Waals surface area contributed by atoms with E-state index in [1.807, 2.05) is 19.1 Å². The van der Waals surface area contributed by atoms with Crippen molar-refractivity contribution in [2.24, 2.45) is 0 Å². The smallest absolute Gasteiger partial charge is 0.257 e. The number of fused-ring (bicyclic) bond motifs is 1. The lowest BCUT2D eigenvalue weighted by Crippen LogP contribution is -2.26. The van der Waals surface area contributed by atoms with E-state index in [0.717, 1.165) is 25.2 Å². The molecule has 6 heteroatoms. The maximum absolute atomic E-state index is 12.7. The van der Waals surface area contributed by atoms with Crippen molar-refractivity contribution in [2.75, 3.05) is 13.1 Å². The summed E-state index contributed by atoms with van der Waals surface area (Å²) in [6.07, 6.45) is 3.47. The molecule has 1 aromatic carbocycles. The number of nitrogens with zero attached hydrogens (tertiary/aromatic N) is 4. The molecule has 0 aliphatic carbocycles. The number of rotatable bonds is 7. The van der Waals surface area contributed by atoms with Crippen LogP contribution < -0.4 is 5.32 Å². The number of amides is 1. The van der Waals surface area contributed by atoms with Crippen LogP contribution in [0.15, 0.2) is 42.7 Å². The van der Waals surface area contributed by atoms with Crippen molar-refractivity contribution in [3.63, 3.8) is 0 Å². The Hall–Kier alpha value is -2.73. The fourth-order valence-electron chi connectivity index (χ4n) is 3.10. The molecule has 0 unspecified atom stereocenters. The number of nitrogens with one attached hydrogen (secondary N) is 1. The van der Waals surface area contributed by atoms with Gasteiger partial charge in [-0.05, 0) is 37.2 Å². The van der Waals surface area contributed by atoms with Crippen LogP contribution in [0, 0.1) is 6.92 Å². The third-order valence-electron chi connectivity index (χ3n) is 4.64. The van der Waals surface area contributed by atoms with E-state index in [0.29, 0.717) is 23.4 Å². The van der Waals surface area contributed by atoms with Gasteiger partial charge in [-0.2, -0.15) is 5.10 Å². The van der Waals surface area contributed by atoms with Crippen LogP contribution >= 0.6 is 0 Å². The second-order valence-corrected chi connectivity index (χ2v) is 6.26. The predicted octanol–water partition coefficient (Wildman–Crippen LogP) is 2.81.